The van der Waals surface area contributed by atoms with Crippen LogP contribution in [0.2, 0.25) is 0 Å². The number of carbonyl (C=O) groups excluding carboxylic acids is 1. The van der Waals surface area contributed by atoms with Crippen molar-refractivity contribution >= 4 is 5.91 Å². The van der Waals surface area contributed by atoms with Crippen LogP contribution in [0.3, 0.4) is 0 Å². The molecule has 2 aliphatic rings. The number of hydrogen-bond acceptors (Lipinski definition) is 2. The van der Waals surface area contributed by atoms with Gasteiger partial charge in [0.2, 0.25) is 5.91 Å². The summed E-state index contributed by atoms with van der Waals surface area (Å²) in [6.45, 7) is 5.84. The Morgan fingerprint density at radius 3 is 2.75 bits per heavy atom. The lowest BCUT2D eigenvalue weighted by Gasteiger charge is -2.49. The van der Waals surface area contributed by atoms with Gasteiger partial charge in [0.05, 0.1) is 0 Å². The smallest absolute Gasteiger partial charge is 0.219 e. The summed E-state index contributed by atoms with van der Waals surface area (Å²) in [6, 6.07) is 0. The fourth-order valence-corrected chi connectivity index (χ4v) is 2.24. The lowest BCUT2D eigenvalue weighted by molar-refractivity contribution is -0.133. The lowest BCUT2D eigenvalue weighted by Crippen LogP contribution is -2.61. The van der Waals surface area contributed by atoms with E-state index in [-0.39, 0.29) is 5.91 Å². The fourth-order valence-electron chi connectivity index (χ4n) is 2.24. The van der Waals surface area contributed by atoms with Crippen LogP contribution in [0.5, 0.6) is 0 Å². The second kappa shape index (κ2) is 2.73. The molecule has 2 heterocycles. The third-order valence-corrected chi connectivity index (χ3v) is 3.11. The largest absolute Gasteiger partial charge is 0.342 e. The van der Waals surface area contributed by atoms with Crippen molar-refractivity contribution in [2.45, 2.75) is 19.8 Å². The van der Waals surface area contributed by atoms with Crippen LogP contribution in [-0.4, -0.2) is 37.0 Å². The van der Waals surface area contributed by atoms with E-state index < -0.39 is 0 Å². The van der Waals surface area contributed by atoms with Crippen LogP contribution in [0, 0.1) is 5.41 Å². The molecule has 2 aliphatic heterocycles. The van der Waals surface area contributed by atoms with E-state index in [4.69, 9.17) is 0 Å². The van der Waals surface area contributed by atoms with E-state index in [2.05, 4.69) is 5.32 Å². The molecule has 2 fully saturated rings. The van der Waals surface area contributed by atoms with Gasteiger partial charge in [0.15, 0.2) is 0 Å². The predicted molar refractivity (Wildman–Crippen MR) is 46.8 cm³/mol. The molecule has 0 radical (unpaired) electrons. The highest BCUT2D eigenvalue weighted by Crippen LogP contribution is 2.33. The predicted octanol–water partition coefficient (Wildman–Crippen LogP) is 0.218. The third kappa shape index (κ3) is 1.22. The minimum Gasteiger partial charge on any atom is -0.342 e. The molecule has 1 amide bonds. The molecule has 0 unspecified atom stereocenters. The number of hydrogen-bond donors (Lipinski definition) is 1. The van der Waals surface area contributed by atoms with E-state index in [0.29, 0.717) is 5.41 Å². The van der Waals surface area contributed by atoms with Crippen LogP contribution >= 0.6 is 0 Å². The average Bonchev–Trinajstić information content (AvgIpc) is 2.02. The molecule has 3 heteroatoms. The zero-order valence-electron chi connectivity index (χ0n) is 7.60. The first-order valence-corrected chi connectivity index (χ1v) is 4.68. The van der Waals surface area contributed by atoms with Crippen molar-refractivity contribution in [2.75, 3.05) is 26.2 Å². The maximum atomic E-state index is 11.1. The second-order valence-electron chi connectivity index (χ2n) is 4.15. The maximum Gasteiger partial charge on any atom is 0.219 e. The van der Waals surface area contributed by atoms with E-state index in [0.717, 1.165) is 26.2 Å². The van der Waals surface area contributed by atoms with Crippen molar-refractivity contribution in [1.82, 2.24) is 10.2 Å². The van der Waals surface area contributed by atoms with E-state index in [1.54, 1.807) is 6.92 Å². The molecule has 0 bridgehead atoms. The lowest BCUT2D eigenvalue weighted by atomic mass is 9.75. The minimum absolute atomic E-state index is 0.237. The quantitative estimate of drug-likeness (QED) is 0.561. The summed E-state index contributed by atoms with van der Waals surface area (Å²) < 4.78 is 0. The van der Waals surface area contributed by atoms with Gasteiger partial charge < -0.3 is 10.2 Å². The molecule has 0 aromatic carbocycles. The van der Waals surface area contributed by atoms with Gasteiger partial charge in [-0.2, -0.15) is 0 Å². The first-order chi connectivity index (χ1) is 5.72. The molecule has 0 aromatic heterocycles. The van der Waals surface area contributed by atoms with Crippen LogP contribution in [-0.2, 0) is 4.79 Å². The van der Waals surface area contributed by atoms with Gasteiger partial charge in [-0.3, -0.25) is 4.79 Å². The van der Waals surface area contributed by atoms with Crippen molar-refractivity contribution in [1.29, 1.82) is 0 Å². The van der Waals surface area contributed by atoms with Crippen LogP contribution in [0.15, 0.2) is 0 Å². The Labute approximate surface area is 73.1 Å². The maximum absolute atomic E-state index is 11.1. The highest BCUT2D eigenvalue weighted by Gasteiger charge is 2.40. The molecule has 0 saturated carbocycles. The number of amides is 1. The molecule has 2 rings (SSSR count). The first kappa shape index (κ1) is 8.05. The van der Waals surface area contributed by atoms with Crippen molar-refractivity contribution in [3.63, 3.8) is 0 Å². The molecular formula is C9H16N2O. The van der Waals surface area contributed by atoms with Gasteiger partial charge in [-0.15, -0.1) is 0 Å². The molecule has 12 heavy (non-hydrogen) atoms. The van der Waals surface area contributed by atoms with Crippen LogP contribution < -0.4 is 5.32 Å². The van der Waals surface area contributed by atoms with Crippen molar-refractivity contribution in [2.24, 2.45) is 5.41 Å². The Balaban J connectivity index is 1.98. The molecule has 0 aliphatic carbocycles. The van der Waals surface area contributed by atoms with Crippen LogP contribution in [0.4, 0.5) is 0 Å². The van der Waals surface area contributed by atoms with Gasteiger partial charge in [0, 0.05) is 38.5 Å². The molecule has 2 saturated heterocycles. The average molecular weight is 168 g/mol. The summed E-state index contributed by atoms with van der Waals surface area (Å²) >= 11 is 0. The monoisotopic (exact) mass is 168 g/mol. The Bertz CT molecular complexity index is 199. The Hall–Kier alpha value is -0.570. The summed E-state index contributed by atoms with van der Waals surface area (Å²) in [5, 5.41) is 3.29. The van der Waals surface area contributed by atoms with Crippen molar-refractivity contribution in [3.05, 3.63) is 0 Å². The Kier molecular flexibility index (Phi) is 1.83. The summed E-state index contributed by atoms with van der Waals surface area (Å²) in [5.41, 5.74) is 0.448. The van der Waals surface area contributed by atoms with Gasteiger partial charge in [-0.05, 0) is 12.8 Å². The molecule has 68 valence electrons. The van der Waals surface area contributed by atoms with Crippen molar-refractivity contribution in [3.8, 4) is 0 Å². The molecular weight excluding hydrogens is 152 g/mol. The highest BCUT2D eigenvalue weighted by molar-refractivity contribution is 5.73. The Morgan fingerprint density at radius 1 is 1.50 bits per heavy atom. The van der Waals surface area contributed by atoms with Crippen LogP contribution in [0.25, 0.3) is 0 Å². The SMILES string of the molecule is CC(=O)N1CCCC2(CNC2)C1. The number of rotatable bonds is 0. The van der Waals surface area contributed by atoms with Gasteiger partial charge in [0.1, 0.15) is 0 Å². The first-order valence-electron chi connectivity index (χ1n) is 4.68. The third-order valence-electron chi connectivity index (χ3n) is 3.11. The summed E-state index contributed by atoms with van der Waals surface area (Å²) in [6.07, 6.45) is 2.48. The number of carbonyl (C=O) groups is 1. The van der Waals surface area contributed by atoms with E-state index in [9.17, 15) is 4.79 Å². The van der Waals surface area contributed by atoms with Crippen molar-refractivity contribution < 1.29 is 4.79 Å². The molecule has 3 nitrogen and oxygen atoms in total. The summed E-state index contributed by atoms with van der Waals surface area (Å²) in [4.78, 5) is 13.1. The van der Waals surface area contributed by atoms with E-state index >= 15 is 0 Å². The Morgan fingerprint density at radius 2 is 2.25 bits per heavy atom. The summed E-state index contributed by atoms with van der Waals surface area (Å²) in [7, 11) is 0. The molecule has 0 aromatic rings. The van der Waals surface area contributed by atoms with Gasteiger partial charge in [0.25, 0.3) is 0 Å². The highest BCUT2D eigenvalue weighted by atomic mass is 16.2. The van der Waals surface area contributed by atoms with Gasteiger partial charge in [-0.25, -0.2) is 0 Å². The number of nitrogens with one attached hydrogen (secondary N) is 1. The minimum atomic E-state index is 0.237. The van der Waals surface area contributed by atoms with Gasteiger partial charge in [-0.1, -0.05) is 0 Å². The zero-order valence-corrected chi connectivity index (χ0v) is 7.60. The molecule has 0 atom stereocenters. The zero-order chi connectivity index (χ0) is 8.60. The van der Waals surface area contributed by atoms with Gasteiger partial charge >= 0.3 is 0 Å². The topological polar surface area (TPSA) is 32.3 Å². The fraction of sp³-hybridized carbons (Fsp3) is 0.889. The number of likely N-dealkylation sites (tertiary alicyclic amines) is 1. The second-order valence-corrected chi connectivity index (χ2v) is 4.15. The summed E-state index contributed by atoms with van der Waals surface area (Å²) in [5.74, 6) is 0.237. The van der Waals surface area contributed by atoms with E-state index in [1.165, 1.54) is 12.8 Å². The number of piperidine rings is 1. The normalized spacial score (nSPS) is 26.9. The van der Waals surface area contributed by atoms with E-state index in [1.807, 2.05) is 4.90 Å². The molecule has 1 spiro atoms. The standard InChI is InChI=1S/C9H16N2O/c1-8(12)11-4-2-3-9(7-11)5-10-6-9/h10H,2-7H2,1H3. The number of nitrogens with zero attached hydrogens (tertiary/aromatic N) is 1. The molecule has 1 N–H and O–H groups in total. The van der Waals surface area contributed by atoms with Crippen LogP contribution in [0.1, 0.15) is 19.8 Å².